The molecule has 5 rings (SSSR count). The van der Waals surface area contributed by atoms with Gasteiger partial charge < -0.3 is 0 Å². The number of benzene rings is 2. The van der Waals surface area contributed by atoms with E-state index >= 15 is 0 Å². The molecule has 126 valence electrons. The van der Waals surface area contributed by atoms with Crippen LogP contribution in [-0.4, -0.2) is 4.98 Å². The topological polar surface area (TPSA) is 12.9 Å². The van der Waals surface area contributed by atoms with Crippen molar-refractivity contribution in [2.45, 2.75) is 25.7 Å². The molecule has 1 heterocycles. The van der Waals surface area contributed by atoms with Gasteiger partial charge in [-0.1, -0.05) is 66.8 Å². The number of hydrogen-bond donors (Lipinski definition) is 0. The lowest BCUT2D eigenvalue weighted by molar-refractivity contribution is 0.851. The van der Waals surface area contributed by atoms with Crippen LogP contribution in [0.5, 0.6) is 0 Å². The van der Waals surface area contributed by atoms with Crippen LogP contribution in [0.1, 0.15) is 40.8 Å². The van der Waals surface area contributed by atoms with Crippen LogP contribution in [-0.2, 0) is 12.8 Å². The van der Waals surface area contributed by atoms with Crippen molar-refractivity contribution >= 4 is 11.6 Å². The van der Waals surface area contributed by atoms with E-state index in [2.05, 4.69) is 72.8 Å². The van der Waals surface area contributed by atoms with Crippen molar-refractivity contribution in [1.82, 2.24) is 4.98 Å². The summed E-state index contributed by atoms with van der Waals surface area (Å²) >= 11 is 0. The summed E-state index contributed by atoms with van der Waals surface area (Å²) < 4.78 is 0. The Morgan fingerprint density at radius 1 is 0.846 bits per heavy atom. The number of pyridine rings is 1. The molecule has 0 fully saturated rings. The summed E-state index contributed by atoms with van der Waals surface area (Å²) in [4.78, 5) is 4.75. The minimum Gasteiger partial charge on any atom is -0.260 e. The second-order valence-electron chi connectivity index (χ2n) is 7.11. The van der Waals surface area contributed by atoms with Crippen molar-refractivity contribution in [1.29, 1.82) is 0 Å². The SMILES string of the molecule is C1=Cc2ccc(C3=CCc4ncc(-c5ccccc5)cc43)cc2CCC1. The van der Waals surface area contributed by atoms with Gasteiger partial charge in [-0.15, -0.1) is 0 Å². The largest absolute Gasteiger partial charge is 0.260 e. The summed E-state index contributed by atoms with van der Waals surface area (Å²) in [5.74, 6) is 0. The lowest BCUT2D eigenvalue weighted by Crippen LogP contribution is -1.95. The second kappa shape index (κ2) is 6.42. The van der Waals surface area contributed by atoms with E-state index in [9.17, 15) is 0 Å². The third kappa shape index (κ3) is 2.70. The van der Waals surface area contributed by atoms with E-state index < -0.39 is 0 Å². The van der Waals surface area contributed by atoms with Crippen LogP contribution < -0.4 is 0 Å². The highest BCUT2D eigenvalue weighted by atomic mass is 14.7. The van der Waals surface area contributed by atoms with Gasteiger partial charge in [0.15, 0.2) is 0 Å². The van der Waals surface area contributed by atoms with Crippen molar-refractivity contribution < 1.29 is 0 Å². The quantitative estimate of drug-likeness (QED) is 0.552. The van der Waals surface area contributed by atoms with E-state index in [1.54, 1.807) is 0 Å². The molecular formula is C25H21N. The van der Waals surface area contributed by atoms with Gasteiger partial charge >= 0.3 is 0 Å². The Bertz CT molecular complexity index is 1030. The van der Waals surface area contributed by atoms with Crippen LogP contribution in [0.25, 0.3) is 22.8 Å². The van der Waals surface area contributed by atoms with E-state index in [1.807, 2.05) is 6.20 Å². The Morgan fingerprint density at radius 3 is 2.69 bits per heavy atom. The molecule has 2 aliphatic rings. The van der Waals surface area contributed by atoms with Crippen molar-refractivity contribution in [3.63, 3.8) is 0 Å². The predicted octanol–water partition coefficient (Wildman–Crippen LogP) is 6.09. The van der Waals surface area contributed by atoms with Gasteiger partial charge in [-0.25, -0.2) is 0 Å². The van der Waals surface area contributed by atoms with Gasteiger partial charge in [0.1, 0.15) is 0 Å². The van der Waals surface area contributed by atoms with Crippen LogP contribution in [0.2, 0.25) is 0 Å². The molecule has 0 radical (unpaired) electrons. The molecule has 2 aromatic carbocycles. The number of aromatic nitrogens is 1. The summed E-state index contributed by atoms with van der Waals surface area (Å²) in [5, 5.41) is 0. The molecule has 2 aliphatic carbocycles. The van der Waals surface area contributed by atoms with Gasteiger partial charge in [0.25, 0.3) is 0 Å². The molecule has 0 saturated heterocycles. The van der Waals surface area contributed by atoms with E-state index in [0.29, 0.717) is 0 Å². The van der Waals surface area contributed by atoms with Gasteiger partial charge in [-0.05, 0) is 53.2 Å². The van der Waals surface area contributed by atoms with E-state index in [-0.39, 0.29) is 0 Å². The Morgan fingerprint density at radius 2 is 1.77 bits per heavy atom. The highest BCUT2D eigenvalue weighted by Crippen LogP contribution is 2.35. The number of hydrogen-bond acceptors (Lipinski definition) is 1. The average molecular weight is 335 g/mol. The fourth-order valence-corrected chi connectivity index (χ4v) is 4.03. The average Bonchev–Trinajstić information content (AvgIpc) is 2.98. The zero-order chi connectivity index (χ0) is 17.3. The monoisotopic (exact) mass is 335 g/mol. The van der Waals surface area contributed by atoms with Crippen LogP contribution in [0.3, 0.4) is 0 Å². The third-order valence-electron chi connectivity index (χ3n) is 5.44. The van der Waals surface area contributed by atoms with Crippen molar-refractivity contribution in [2.24, 2.45) is 0 Å². The maximum absolute atomic E-state index is 4.75. The van der Waals surface area contributed by atoms with Crippen molar-refractivity contribution in [3.05, 3.63) is 101 Å². The number of aryl methyl sites for hydroxylation is 1. The molecule has 1 heteroatoms. The predicted molar refractivity (Wildman–Crippen MR) is 109 cm³/mol. The zero-order valence-corrected chi connectivity index (χ0v) is 14.8. The van der Waals surface area contributed by atoms with E-state index in [1.165, 1.54) is 63.9 Å². The van der Waals surface area contributed by atoms with Gasteiger partial charge in [0.05, 0.1) is 5.69 Å². The van der Waals surface area contributed by atoms with E-state index in [0.717, 1.165) is 6.42 Å². The Balaban J connectivity index is 1.56. The van der Waals surface area contributed by atoms with Gasteiger partial charge in [-0.2, -0.15) is 0 Å². The molecule has 0 saturated carbocycles. The third-order valence-corrected chi connectivity index (χ3v) is 5.44. The molecule has 26 heavy (non-hydrogen) atoms. The fourth-order valence-electron chi connectivity index (χ4n) is 4.03. The molecular weight excluding hydrogens is 314 g/mol. The normalized spacial score (nSPS) is 15.2. The smallest absolute Gasteiger partial charge is 0.0520 e. The minimum absolute atomic E-state index is 0.927. The molecule has 0 spiro atoms. The maximum atomic E-state index is 4.75. The molecule has 1 aromatic heterocycles. The molecule has 3 aromatic rings. The lowest BCUT2D eigenvalue weighted by atomic mass is 9.94. The highest BCUT2D eigenvalue weighted by Gasteiger charge is 2.19. The standard InChI is InChI=1S/C25H21N/c1-3-7-18(8-4-1)22-16-24-23(13-14-25(24)26-17-22)21-12-11-19-9-5-2-6-10-20(19)15-21/h1,3-5,7-9,11-13,15-17H,2,6,10,14H2. The first-order valence-corrected chi connectivity index (χ1v) is 9.43. The van der Waals surface area contributed by atoms with Crippen molar-refractivity contribution in [2.75, 3.05) is 0 Å². The summed E-state index contributed by atoms with van der Waals surface area (Å²) in [5.41, 5.74) is 10.4. The molecule has 0 amide bonds. The molecule has 0 atom stereocenters. The summed E-state index contributed by atoms with van der Waals surface area (Å²) in [6, 6.07) is 19.8. The first-order chi connectivity index (χ1) is 12.9. The Labute approximate surface area is 154 Å². The van der Waals surface area contributed by atoms with Gasteiger partial charge in [0, 0.05) is 23.7 Å². The van der Waals surface area contributed by atoms with Crippen LogP contribution in [0.4, 0.5) is 0 Å². The Kier molecular flexibility index (Phi) is 3.79. The van der Waals surface area contributed by atoms with Gasteiger partial charge in [-0.3, -0.25) is 4.98 Å². The van der Waals surface area contributed by atoms with Crippen LogP contribution >= 0.6 is 0 Å². The van der Waals surface area contributed by atoms with E-state index in [4.69, 9.17) is 4.98 Å². The number of allylic oxidation sites excluding steroid dienone is 2. The van der Waals surface area contributed by atoms with Crippen LogP contribution in [0.15, 0.2) is 72.9 Å². The van der Waals surface area contributed by atoms with Gasteiger partial charge in [0.2, 0.25) is 0 Å². The summed E-state index contributed by atoms with van der Waals surface area (Å²) in [6.07, 6.45) is 13.4. The molecule has 0 unspecified atom stereocenters. The fraction of sp³-hybridized carbons (Fsp3) is 0.160. The molecule has 0 N–H and O–H groups in total. The first-order valence-electron chi connectivity index (χ1n) is 9.43. The van der Waals surface area contributed by atoms with Crippen LogP contribution in [0, 0.1) is 0 Å². The molecule has 1 nitrogen and oxygen atoms in total. The summed E-state index contributed by atoms with van der Waals surface area (Å²) in [6.45, 7) is 0. The highest BCUT2D eigenvalue weighted by molar-refractivity contribution is 5.86. The molecule has 0 aliphatic heterocycles. The Hall–Kier alpha value is -2.93. The minimum atomic E-state index is 0.927. The zero-order valence-electron chi connectivity index (χ0n) is 14.8. The summed E-state index contributed by atoms with van der Waals surface area (Å²) in [7, 11) is 0. The number of rotatable bonds is 2. The molecule has 0 bridgehead atoms. The van der Waals surface area contributed by atoms with Crippen molar-refractivity contribution in [3.8, 4) is 11.1 Å². The number of fused-ring (bicyclic) bond motifs is 2. The second-order valence-corrected chi connectivity index (χ2v) is 7.11. The maximum Gasteiger partial charge on any atom is 0.0520 e. The first kappa shape index (κ1) is 15.3. The lowest BCUT2D eigenvalue weighted by Gasteiger charge is -2.11. The number of nitrogens with zero attached hydrogens (tertiary/aromatic N) is 1.